The van der Waals surface area contributed by atoms with Crippen molar-refractivity contribution in [3.05, 3.63) is 88.5 Å². The lowest BCUT2D eigenvalue weighted by Gasteiger charge is -2.26. The Hall–Kier alpha value is -3.32. The molecule has 0 unspecified atom stereocenters. The quantitative estimate of drug-likeness (QED) is 0.433. The lowest BCUT2D eigenvalue weighted by molar-refractivity contribution is -0.120. The maximum atomic E-state index is 13.6. The van der Waals surface area contributed by atoms with E-state index < -0.39 is 10.0 Å². The molecule has 0 radical (unpaired) electrons. The zero-order chi connectivity index (χ0) is 25.8. The van der Waals surface area contributed by atoms with Gasteiger partial charge in [0.15, 0.2) is 0 Å². The summed E-state index contributed by atoms with van der Waals surface area (Å²) >= 11 is 0. The molecule has 3 rings (SSSR count). The van der Waals surface area contributed by atoms with Crippen molar-refractivity contribution in [2.45, 2.75) is 52.5 Å². The molecule has 3 aromatic rings. The molecule has 1 amide bonds. The van der Waals surface area contributed by atoms with E-state index in [1.165, 1.54) is 17.7 Å². The zero-order valence-corrected chi connectivity index (χ0v) is 22.1. The Labute approximate surface area is 209 Å². The van der Waals surface area contributed by atoms with Gasteiger partial charge >= 0.3 is 0 Å². The molecular weight excluding hydrogens is 460 g/mol. The van der Waals surface area contributed by atoms with Crippen LogP contribution >= 0.6 is 0 Å². The maximum absolute atomic E-state index is 13.6. The molecule has 35 heavy (non-hydrogen) atoms. The van der Waals surface area contributed by atoms with Crippen LogP contribution in [-0.2, 0) is 14.8 Å². The Kier molecular flexibility index (Phi) is 8.22. The van der Waals surface area contributed by atoms with Crippen LogP contribution in [0.2, 0.25) is 0 Å². The first kappa shape index (κ1) is 26.3. The van der Waals surface area contributed by atoms with E-state index in [0.717, 1.165) is 26.6 Å². The first-order valence-electron chi connectivity index (χ1n) is 11.7. The average molecular weight is 495 g/mol. The number of sulfonamides is 1. The highest BCUT2D eigenvalue weighted by Crippen LogP contribution is 2.26. The predicted molar refractivity (Wildman–Crippen MR) is 141 cm³/mol. The number of benzene rings is 3. The van der Waals surface area contributed by atoms with Gasteiger partial charge in [0.25, 0.3) is 10.0 Å². The minimum atomic E-state index is -4.00. The number of carbonyl (C=O) groups excluding carboxylic acids is 1. The van der Waals surface area contributed by atoms with Crippen LogP contribution in [0, 0.1) is 27.7 Å². The number of anilines is 1. The molecule has 0 aliphatic carbocycles. The molecular formula is C28H34N2O4S. The Bertz CT molecular complexity index is 1280. The summed E-state index contributed by atoms with van der Waals surface area (Å²) in [4.78, 5) is 13.2. The van der Waals surface area contributed by atoms with Crippen LogP contribution in [-0.4, -0.2) is 27.5 Å². The average Bonchev–Trinajstić information content (AvgIpc) is 2.81. The van der Waals surface area contributed by atoms with Gasteiger partial charge in [-0.05, 0) is 100 Å². The summed E-state index contributed by atoms with van der Waals surface area (Å²) in [6.07, 6.45) is 0. The highest BCUT2D eigenvalue weighted by atomic mass is 32.2. The van der Waals surface area contributed by atoms with Crippen LogP contribution in [0.3, 0.4) is 0 Å². The van der Waals surface area contributed by atoms with E-state index >= 15 is 0 Å². The fourth-order valence-corrected chi connectivity index (χ4v) is 5.39. The van der Waals surface area contributed by atoms with Crippen LogP contribution in [0.15, 0.2) is 65.6 Å². The number of amides is 1. The first-order valence-corrected chi connectivity index (χ1v) is 13.2. The number of rotatable bonds is 9. The first-order chi connectivity index (χ1) is 16.5. The summed E-state index contributed by atoms with van der Waals surface area (Å²) in [5.74, 6) is 0.203. The molecule has 6 nitrogen and oxygen atoms in total. The van der Waals surface area contributed by atoms with Gasteiger partial charge in [-0.15, -0.1) is 0 Å². The Morgan fingerprint density at radius 2 is 1.51 bits per heavy atom. The van der Waals surface area contributed by atoms with Crippen LogP contribution in [0.5, 0.6) is 5.75 Å². The molecule has 1 atom stereocenters. The van der Waals surface area contributed by atoms with Gasteiger partial charge in [0.05, 0.1) is 23.2 Å². The molecule has 0 aliphatic heterocycles. The number of carbonyl (C=O) groups is 1. The van der Waals surface area contributed by atoms with Crippen molar-refractivity contribution in [1.29, 1.82) is 0 Å². The van der Waals surface area contributed by atoms with E-state index in [0.29, 0.717) is 18.0 Å². The summed E-state index contributed by atoms with van der Waals surface area (Å²) in [7, 11) is -4.00. The zero-order valence-electron chi connectivity index (χ0n) is 21.3. The van der Waals surface area contributed by atoms with Gasteiger partial charge in [-0.3, -0.25) is 9.10 Å². The van der Waals surface area contributed by atoms with Crippen molar-refractivity contribution in [2.75, 3.05) is 17.5 Å². The van der Waals surface area contributed by atoms with Crippen molar-refractivity contribution in [2.24, 2.45) is 0 Å². The highest BCUT2D eigenvalue weighted by Gasteiger charge is 2.28. The molecule has 0 bridgehead atoms. The van der Waals surface area contributed by atoms with Crippen molar-refractivity contribution in [3.63, 3.8) is 0 Å². The smallest absolute Gasteiger partial charge is 0.264 e. The highest BCUT2D eigenvalue weighted by molar-refractivity contribution is 7.92. The van der Waals surface area contributed by atoms with Crippen molar-refractivity contribution < 1.29 is 17.9 Å². The maximum Gasteiger partial charge on any atom is 0.264 e. The van der Waals surface area contributed by atoms with Gasteiger partial charge in [0, 0.05) is 0 Å². The number of ether oxygens (including phenoxy) is 1. The third kappa shape index (κ3) is 6.22. The number of aryl methyl sites for hydroxylation is 4. The van der Waals surface area contributed by atoms with Crippen LogP contribution in [0.4, 0.5) is 5.69 Å². The van der Waals surface area contributed by atoms with Crippen molar-refractivity contribution >= 4 is 21.6 Å². The minimum absolute atomic E-state index is 0.0902. The molecule has 186 valence electrons. The number of nitrogens with zero attached hydrogens (tertiary/aromatic N) is 1. The summed E-state index contributed by atoms with van der Waals surface area (Å²) in [5, 5.41) is 2.98. The van der Waals surface area contributed by atoms with E-state index in [9.17, 15) is 13.2 Å². The van der Waals surface area contributed by atoms with Crippen LogP contribution in [0.25, 0.3) is 0 Å². The van der Waals surface area contributed by atoms with Crippen molar-refractivity contribution in [3.8, 4) is 5.75 Å². The van der Waals surface area contributed by atoms with Gasteiger partial charge in [-0.1, -0.05) is 29.8 Å². The van der Waals surface area contributed by atoms with Crippen molar-refractivity contribution in [1.82, 2.24) is 5.32 Å². The largest absolute Gasteiger partial charge is 0.494 e. The summed E-state index contributed by atoms with van der Waals surface area (Å²) in [6.45, 7) is 12.0. The van der Waals surface area contributed by atoms with E-state index in [1.54, 1.807) is 24.3 Å². The van der Waals surface area contributed by atoms with Crippen LogP contribution in [0.1, 0.15) is 47.7 Å². The van der Waals surface area contributed by atoms with Gasteiger partial charge in [-0.25, -0.2) is 8.42 Å². The standard InChI is InChI=1S/C28H34N2O4S/c1-7-34-25-12-14-26(15-13-25)35(32,33)30(24-10-8-19(2)9-11-24)18-28(31)29-23(6)27-17-21(4)20(3)16-22(27)5/h8-17,23H,7,18H2,1-6H3,(H,29,31)/t23-/m0/s1. The summed E-state index contributed by atoms with van der Waals surface area (Å²) in [6, 6.07) is 17.2. The molecule has 0 spiro atoms. The fraction of sp³-hybridized carbons (Fsp3) is 0.321. The normalized spacial score (nSPS) is 12.2. The van der Waals surface area contributed by atoms with Gasteiger partial charge in [0.1, 0.15) is 12.3 Å². The summed E-state index contributed by atoms with van der Waals surface area (Å²) < 4.78 is 33.8. The monoisotopic (exact) mass is 494 g/mol. The Balaban J connectivity index is 1.89. The predicted octanol–water partition coefficient (Wildman–Crippen LogP) is 5.39. The second kappa shape index (κ2) is 11.0. The second-order valence-corrected chi connectivity index (χ2v) is 10.7. The molecule has 0 saturated heterocycles. The number of hydrogen-bond donors (Lipinski definition) is 1. The van der Waals surface area contributed by atoms with E-state index in [4.69, 9.17) is 4.74 Å². The van der Waals surface area contributed by atoms with E-state index in [1.807, 2.05) is 46.8 Å². The molecule has 1 N–H and O–H groups in total. The topological polar surface area (TPSA) is 75.7 Å². The van der Waals surface area contributed by atoms with Crippen LogP contribution < -0.4 is 14.4 Å². The Morgan fingerprint density at radius 1 is 0.914 bits per heavy atom. The molecule has 0 aromatic heterocycles. The number of hydrogen-bond acceptors (Lipinski definition) is 4. The lowest BCUT2D eigenvalue weighted by atomic mass is 9.96. The lowest BCUT2D eigenvalue weighted by Crippen LogP contribution is -2.41. The second-order valence-electron chi connectivity index (χ2n) is 8.83. The fourth-order valence-electron chi connectivity index (χ4n) is 3.97. The molecule has 0 heterocycles. The SMILES string of the molecule is CCOc1ccc(S(=O)(=O)N(CC(=O)N[C@@H](C)c2cc(C)c(C)cc2C)c2ccc(C)cc2)cc1. The molecule has 3 aromatic carbocycles. The Morgan fingerprint density at radius 3 is 2.11 bits per heavy atom. The van der Waals surface area contributed by atoms with E-state index in [2.05, 4.69) is 24.4 Å². The van der Waals surface area contributed by atoms with Gasteiger partial charge in [0.2, 0.25) is 5.91 Å². The molecule has 0 aliphatic rings. The molecule has 0 fully saturated rings. The minimum Gasteiger partial charge on any atom is -0.494 e. The van der Waals surface area contributed by atoms with E-state index in [-0.39, 0.29) is 23.4 Å². The van der Waals surface area contributed by atoms with Gasteiger partial charge in [-0.2, -0.15) is 0 Å². The molecule has 0 saturated carbocycles. The third-order valence-corrected chi connectivity index (χ3v) is 7.85. The summed E-state index contributed by atoms with van der Waals surface area (Å²) in [5.41, 5.74) is 5.85. The van der Waals surface area contributed by atoms with Gasteiger partial charge < -0.3 is 10.1 Å². The third-order valence-electron chi connectivity index (χ3n) is 6.06. The molecule has 7 heteroatoms. The number of nitrogens with one attached hydrogen (secondary N) is 1.